The molecular formula is C26H26N4. The van der Waals surface area contributed by atoms with Crippen molar-refractivity contribution in [2.45, 2.75) is 26.4 Å². The maximum absolute atomic E-state index is 4.67. The zero-order valence-electron chi connectivity index (χ0n) is 17.2. The third-order valence-corrected chi connectivity index (χ3v) is 5.60. The van der Waals surface area contributed by atoms with Crippen LogP contribution in [0.2, 0.25) is 0 Å². The van der Waals surface area contributed by atoms with E-state index in [2.05, 4.69) is 87.6 Å². The van der Waals surface area contributed by atoms with Gasteiger partial charge in [0, 0.05) is 43.2 Å². The summed E-state index contributed by atoms with van der Waals surface area (Å²) in [5.74, 6) is 1.03. The first-order chi connectivity index (χ1) is 14.8. The van der Waals surface area contributed by atoms with Gasteiger partial charge in [0.25, 0.3) is 0 Å². The molecule has 30 heavy (non-hydrogen) atoms. The minimum absolute atomic E-state index is 0.849. The average Bonchev–Trinajstić information content (AvgIpc) is 3.33. The van der Waals surface area contributed by atoms with Crippen molar-refractivity contribution in [1.29, 1.82) is 0 Å². The second kappa shape index (κ2) is 8.17. The summed E-state index contributed by atoms with van der Waals surface area (Å²) in [5, 5.41) is 4.92. The molecule has 0 saturated heterocycles. The van der Waals surface area contributed by atoms with Crippen LogP contribution in [0.15, 0.2) is 79.0 Å². The second-order valence-electron chi connectivity index (χ2n) is 7.92. The normalized spacial score (nSPS) is 11.5. The topological polar surface area (TPSA) is 45.6 Å². The molecule has 150 valence electrons. The van der Waals surface area contributed by atoms with Crippen molar-refractivity contribution < 1.29 is 0 Å². The summed E-state index contributed by atoms with van der Waals surface area (Å²) >= 11 is 0. The smallest absolute Gasteiger partial charge is 0.108 e. The van der Waals surface area contributed by atoms with Gasteiger partial charge in [0.15, 0.2) is 0 Å². The number of aromatic nitrogens is 3. The van der Waals surface area contributed by atoms with Crippen molar-refractivity contribution >= 4 is 21.9 Å². The number of hydrogen-bond donors (Lipinski definition) is 2. The molecule has 0 bridgehead atoms. The molecule has 5 rings (SSSR count). The zero-order valence-corrected chi connectivity index (χ0v) is 17.2. The number of aryl methyl sites for hydroxylation is 1. The highest BCUT2D eigenvalue weighted by molar-refractivity contribution is 5.84. The molecule has 2 heterocycles. The lowest BCUT2D eigenvalue weighted by molar-refractivity contribution is 0.674. The molecule has 0 amide bonds. The fraction of sp³-hybridized carbons (Fsp3) is 0.192. The van der Waals surface area contributed by atoms with E-state index in [0.29, 0.717) is 0 Å². The standard InChI is InChI=1S/C26H26N4/c1-19-7-6-8-20(15-19)17-30-18-21(22-9-2-5-12-25(22)30)16-27-14-13-26-28-23-10-3-4-11-24(23)29-26/h2-12,15,18,27H,13-14,16-17H2,1H3,(H,28,29). The van der Waals surface area contributed by atoms with Crippen LogP contribution < -0.4 is 5.32 Å². The van der Waals surface area contributed by atoms with Gasteiger partial charge < -0.3 is 14.9 Å². The van der Waals surface area contributed by atoms with E-state index in [0.717, 1.165) is 42.9 Å². The van der Waals surface area contributed by atoms with Crippen molar-refractivity contribution in [1.82, 2.24) is 19.9 Å². The Morgan fingerprint density at radius 1 is 0.967 bits per heavy atom. The molecule has 2 aromatic heterocycles. The molecule has 5 aromatic rings. The van der Waals surface area contributed by atoms with Gasteiger partial charge >= 0.3 is 0 Å². The van der Waals surface area contributed by atoms with E-state index in [1.54, 1.807) is 0 Å². The quantitative estimate of drug-likeness (QED) is 0.372. The summed E-state index contributed by atoms with van der Waals surface area (Å²) in [6.07, 6.45) is 3.18. The number of hydrogen-bond acceptors (Lipinski definition) is 2. The number of imidazole rings is 1. The predicted molar refractivity (Wildman–Crippen MR) is 124 cm³/mol. The van der Waals surface area contributed by atoms with Gasteiger partial charge in [-0.3, -0.25) is 0 Å². The molecule has 0 aliphatic carbocycles. The van der Waals surface area contributed by atoms with E-state index < -0.39 is 0 Å². The van der Waals surface area contributed by atoms with Crippen molar-refractivity contribution in [3.63, 3.8) is 0 Å². The van der Waals surface area contributed by atoms with Crippen molar-refractivity contribution in [3.8, 4) is 0 Å². The van der Waals surface area contributed by atoms with Gasteiger partial charge in [0.05, 0.1) is 11.0 Å². The Balaban J connectivity index is 1.28. The predicted octanol–water partition coefficient (Wildman–Crippen LogP) is 5.21. The average molecular weight is 395 g/mol. The summed E-state index contributed by atoms with van der Waals surface area (Å²) in [6, 6.07) is 25.6. The molecule has 0 atom stereocenters. The maximum atomic E-state index is 4.67. The summed E-state index contributed by atoms with van der Waals surface area (Å²) < 4.78 is 2.36. The molecule has 4 heteroatoms. The SMILES string of the molecule is Cc1cccc(Cn2cc(CNCCc3nc4ccccc4[nH]3)c3ccccc32)c1. The van der Waals surface area contributed by atoms with Gasteiger partial charge in [0.1, 0.15) is 5.82 Å². The monoisotopic (exact) mass is 394 g/mol. The maximum Gasteiger partial charge on any atom is 0.108 e. The van der Waals surface area contributed by atoms with Crippen LogP contribution in [0.4, 0.5) is 0 Å². The molecule has 4 nitrogen and oxygen atoms in total. The van der Waals surface area contributed by atoms with Gasteiger partial charge in [-0.2, -0.15) is 0 Å². The molecule has 0 spiro atoms. The molecule has 0 aliphatic heterocycles. The van der Waals surface area contributed by atoms with Gasteiger partial charge in [-0.05, 0) is 36.2 Å². The minimum Gasteiger partial charge on any atom is -0.343 e. The minimum atomic E-state index is 0.849. The molecule has 0 unspecified atom stereocenters. The Hall–Kier alpha value is -3.37. The number of para-hydroxylation sites is 3. The molecule has 0 fully saturated rings. The Labute approximate surface area is 176 Å². The lowest BCUT2D eigenvalue weighted by Gasteiger charge is -2.06. The van der Waals surface area contributed by atoms with Crippen LogP contribution in [0, 0.1) is 6.92 Å². The largest absolute Gasteiger partial charge is 0.343 e. The molecule has 0 aliphatic rings. The number of nitrogens with zero attached hydrogens (tertiary/aromatic N) is 2. The first-order valence-electron chi connectivity index (χ1n) is 10.5. The highest BCUT2D eigenvalue weighted by Crippen LogP contribution is 2.22. The summed E-state index contributed by atoms with van der Waals surface area (Å²) in [6.45, 7) is 4.77. The highest BCUT2D eigenvalue weighted by atomic mass is 15.0. The molecule has 2 N–H and O–H groups in total. The highest BCUT2D eigenvalue weighted by Gasteiger charge is 2.09. The third kappa shape index (κ3) is 3.87. The summed E-state index contributed by atoms with van der Waals surface area (Å²) in [5.41, 5.74) is 7.39. The van der Waals surface area contributed by atoms with Crippen LogP contribution in [0.25, 0.3) is 21.9 Å². The lowest BCUT2D eigenvalue weighted by atomic mass is 10.1. The number of fused-ring (bicyclic) bond motifs is 2. The van der Waals surface area contributed by atoms with Gasteiger partial charge in [-0.15, -0.1) is 0 Å². The van der Waals surface area contributed by atoms with Gasteiger partial charge in [-0.1, -0.05) is 60.2 Å². The van der Waals surface area contributed by atoms with E-state index in [1.807, 2.05) is 18.2 Å². The Morgan fingerprint density at radius 3 is 2.73 bits per heavy atom. The van der Waals surface area contributed by atoms with E-state index in [-0.39, 0.29) is 0 Å². The molecule has 0 saturated carbocycles. The Morgan fingerprint density at radius 2 is 1.83 bits per heavy atom. The number of nitrogens with one attached hydrogen (secondary N) is 2. The molecular weight excluding hydrogens is 368 g/mol. The fourth-order valence-electron chi connectivity index (χ4n) is 4.16. The summed E-state index contributed by atoms with van der Waals surface area (Å²) in [4.78, 5) is 8.07. The third-order valence-electron chi connectivity index (χ3n) is 5.60. The van der Waals surface area contributed by atoms with E-state index in [4.69, 9.17) is 0 Å². The second-order valence-corrected chi connectivity index (χ2v) is 7.92. The van der Waals surface area contributed by atoms with E-state index in [1.165, 1.54) is 27.6 Å². The number of aromatic amines is 1. The van der Waals surface area contributed by atoms with Gasteiger partial charge in [-0.25, -0.2) is 4.98 Å². The van der Waals surface area contributed by atoms with E-state index >= 15 is 0 Å². The van der Waals surface area contributed by atoms with E-state index in [9.17, 15) is 0 Å². The van der Waals surface area contributed by atoms with Crippen molar-refractivity contribution in [3.05, 3.63) is 102 Å². The van der Waals surface area contributed by atoms with Crippen LogP contribution in [-0.2, 0) is 19.5 Å². The lowest BCUT2D eigenvalue weighted by Crippen LogP contribution is -2.17. The van der Waals surface area contributed by atoms with Crippen molar-refractivity contribution in [2.75, 3.05) is 6.54 Å². The Bertz CT molecular complexity index is 1260. The summed E-state index contributed by atoms with van der Waals surface area (Å²) in [7, 11) is 0. The first-order valence-corrected chi connectivity index (χ1v) is 10.5. The number of rotatable bonds is 7. The van der Waals surface area contributed by atoms with Crippen molar-refractivity contribution in [2.24, 2.45) is 0 Å². The van der Waals surface area contributed by atoms with Crippen LogP contribution in [-0.4, -0.2) is 21.1 Å². The number of H-pyrrole nitrogens is 1. The van der Waals surface area contributed by atoms with Crippen LogP contribution >= 0.6 is 0 Å². The van der Waals surface area contributed by atoms with Crippen LogP contribution in [0.3, 0.4) is 0 Å². The van der Waals surface area contributed by atoms with Crippen LogP contribution in [0.1, 0.15) is 22.5 Å². The number of benzene rings is 3. The first kappa shape index (κ1) is 18.6. The van der Waals surface area contributed by atoms with Crippen LogP contribution in [0.5, 0.6) is 0 Å². The molecule has 0 radical (unpaired) electrons. The fourth-order valence-corrected chi connectivity index (χ4v) is 4.16. The molecule has 3 aromatic carbocycles. The zero-order chi connectivity index (χ0) is 20.3. The Kier molecular flexibility index (Phi) is 5.08. The van der Waals surface area contributed by atoms with Gasteiger partial charge in [0.2, 0.25) is 0 Å².